The first-order chi connectivity index (χ1) is 33.9. The van der Waals surface area contributed by atoms with Gasteiger partial charge >= 0.3 is 0 Å². The third-order valence-corrected chi connectivity index (χ3v) is 14.5. The fourth-order valence-corrected chi connectivity index (χ4v) is 11.1. The lowest BCUT2D eigenvalue weighted by Crippen LogP contribution is -2.14. The predicted molar refractivity (Wildman–Crippen MR) is 284 cm³/mol. The molecular formula is C64H42N4O. The van der Waals surface area contributed by atoms with E-state index in [1.54, 1.807) is 0 Å². The van der Waals surface area contributed by atoms with Crippen molar-refractivity contribution in [3.63, 3.8) is 0 Å². The van der Waals surface area contributed by atoms with Gasteiger partial charge in [0.2, 0.25) is 0 Å². The van der Waals surface area contributed by atoms with Gasteiger partial charge in [0, 0.05) is 54.9 Å². The Morgan fingerprint density at radius 3 is 1.83 bits per heavy atom. The third-order valence-electron chi connectivity index (χ3n) is 14.5. The Bertz CT molecular complexity index is 4220. The largest absolute Gasteiger partial charge is 0.456 e. The number of furan rings is 1. The van der Waals surface area contributed by atoms with Crippen LogP contribution in [0.4, 0.5) is 0 Å². The highest BCUT2D eigenvalue weighted by Gasteiger charge is 2.35. The smallest absolute Gasteiger partial charge is 0.164 e. The molecule has 1 aliphatic rings. The Morgan fingerprint density at radius 2 is 0.971 bits per heavy atom. The molecule has 0 saturated carbocycles. The maximum absolute atomic E-state index is 6.30. The van der Waals surface area contributed by atoms with Crippen molar-refractivity contribution >= 4 is 54.5 Å². The van der Waals surface area contributed by atoms with Crippen LogP contribution in [0.5, 0.6) is 0 Å². The topological polar surface area (TPSA) is 56.7 Å². The highest BCUT2D eigenvalue weighted by atomic mass is 16.3. The molecule has 0 N–H and O–H groups in total. The van der Waals surface area contributed by atoms with E-state index in [0.29, 0.717) is 17.5 Å². The number of fused-ring (bicyclic) bond motifs is 11. The maximum Gasteiger partial charge on any atom is 0.164 e. The number of hydrogen-bond donors (Lipinski definition) is 0. The van der Waals surface area contributed by atoms with Crippen molar-refractivity contribution in [2.24, 2.45) is 0 Å². The van der Waals surface area contributed by atoms with E-state index < -0.39 is 0 Å². The van der Waals surface area contributed by atoms with Crippen LogP contribution in [0.2, 0.25) is 0 Å². The summed E-state index contributed by atoms with van der Waals surface area (Å²) in [5.41, 5.74) is 17.8. The van der Waals surface area contributed by atoms with Crippen LogP contribution < -0.4 is 0 Å². The van der Waals surface area contributed by atoms with Gasteiger partial charge in [-0.3, -0.25) is 0 Å². The number of para-hydroxylation sites is 2. The predicted octanol–water partition coefficient (Wildman–Crippen LogP) is 16.7. The maximum atomic E-state index is 6.30. The number of aromatic nitrogens is 4. The highest BCUT2D eigenvalue weighted by Crippen LogP contribution is 2.50. The molecule has 5 heteroatoms. The fraction of sp³-hybridized carbons (Fsp3) is 0.0469. The molecule has 0 amide bonds. The fourth-order valence-electron chi connectivity index (χ4n) is 11.1. The van der Waals surface area contributed by atoms with Gasteiger partial charge in [0.1, 0.15) is 11.2 Å². The van der Waals surface area contributed by atoms with E-state index in [4.69, 9.17) is 19.4 Å². The lowest BCUT2D eigenvalue weighted by Gasteiger charge is -2.22. The van der Waals surface area contributed by atoms with Gasteiger partial charge in [-0.05, 0) is 110 Å². The van der Waals surface area contributed by atoms with Crippen molar-refractivity contribution in [3.8, 4) is 73.2 Å². The summed E-state index contributed by atoms with van der Waals surface area (Å²) >= 11 is 0. The lowest BCUT2D eigenvalue weighted by atomic mass is 9.81. The normalized spacial score (nSPS) is 12.9. The molecule has 0 radical (unpaired) electrons. The second-order valence-corrected chi connectivity index (χ2v) is 18.8. The third kappa shape index (κ3) is 6.14. The lowest BCUT2D eigenvalue weighted by molar-refractivity contribution is 0.660. The number of benzene rings is 10. The van der Waals surface area contributed by atoms with Gasteiger partial charge in [0.15, 0.2) is 17.5 Å². The minimum atomic E-state index is -0.0778. The molecule has 0 bridgehead atoms. The van der Waals surface area contributed by atoms with Gasteiger partial charge in [-0.15, -0.1) is 0 Å². The molecule has 5 nitrogen and oxygen atoms in total. The Morgan fingerprint density at radius 1 is 0.377 bits per heavy atom. The van der Waals surface area contributed by atoms with Crippen molar-refractivity contribution in [1.29, 1.82) is 0 Å². The summed E-state index contributed by atoms with van der Waals surface area (Å²) in [5, 5.41) is 7.04. The monoisotopic (exact) mass is 882 g/mol. The molecule has 13 aromatic rings. The van der Waals surface area contributed by atoms with Crippen LogP contribution in [0.25, 0.3) is 128 Å². The zero-order valence-corrected chi connectivity index (χ0v) is 38.0. The van der Waals surface area contributed by atoms with Gasteiger partial charge in [-0.1, -0.05) is 172 Å². The molecule has 0 aliphatic heterocycles. The Hall–Kier alpha value is -8.93. The van der Waals surface area contributed by atoms with E-state index >= 15 is 0 Å². The summed E-state index contributed by atoms with van der Waals surface area (Å²) in [6, 6.07) is 78.1. The summed E-state index contributed by atoms with van der Waals surface area (Å²) < 4.78 is 8.74. The zero-order valence-electron chi connectivity index (χ0n) is 38.0. The van der Waals surface area contributed by atoms with Crippen LogP contribution in [0.15, 0.2) is 223 Å². The van der Waals surface area contributed by atoms with Crippen molar-refractivity contribution in [2.75, 3.05) is 0 Å². The average molecular weight is 883 g/mol. The van der Waals surface area contributed by atoms with Crippen LogP contribution in [0, 0.1) is 0 Å². The Kier molecular flexibility index (Phi) is 8.56. The zero-order chi connectivity index (χ0) is 45.8. The first kappa shape index (κ1) is 39.3. The van der Waals surface area contributed by atoms with Gasteiger partial charge in [-0.25, -0.2) is 15.0 Å². The molecule has 324 valence electrons. The summed E-state index contributed by atoms with van der Waals surface area (Å²) in [7, 11) is 0. The number of hydrogen-bond acceptors (Lipinski definition) is 4. The van der Waals surface area contributed by atoms with Crippen LogP contribution >= 0.6 is 0 Å². The van der Waals surface area contributed by atoms with Crippen LogP contribution in [-0.4, -0.2) is 19.5 Å². The SMILES string of the molecule is CC1(C)c2ccccc2-c2ccc(-c3cccc(-c4cccc5c6c7ccccc7ccc6n(-c6ccc(-c7nc(-c8ccccc8)nc(-c8ccc9c(c8)oc8ccccc89)n7)cc6)c45)c3)cc21. The molecule has 14 rings (SSSR count). The van der Waals surface area contributed by atoms with E-state index in [9.17, 15) is 0 Å². The Balaban J connectivity index is 0.912. The summed E-state index contributed by atoms with van der Waals surface area (Å²) in [4.78, 5) is 15.3. The number of rotatable bonds is 6. The first-order valence-electron chi connectivity index (χ1n) is 23.6. The van der Waals surface area contributed by atoms with Crippen molar-refractivity contribution in [1.82, 2.24) is 19.5 Å². The van der Waals surface area contributed by atoms with Gasteiger partial charge in [-0.2, -0.15) is 0 Å². The van der Waals surface area contributed by atoms with Crippen molar-refractivity contribution in [2.45, 2.75) is 19.3 Å². The van der Waals surface area contributed by atoms with Crippen molar-refractivity contribution in [3.05, 3.63) is 230 Å². The molecule has 1 aliphatic carbocycles. The minimum Gasteiger partial charge on any atom is -0.456 e. The van der Waals surface area contributed by atoms with E-state index in [-0.39, 0.29) is 5.41 Å². The van der Waals surface area contributed by atoms with E-state index in [1.165, 1.54) is 60.5 Å². The molecule has 10 aromatic carbocycles. The summed E-state index contributed by atoms with van der Waals surface area (Å²) in [5.74, 6) is 1.79. The first-order valence-corrected chi connectivity index (χ1v) is 23.6. The molecule has 0 fully saturated rings. The van der Waals surface area contributed by atoms with Crippen LogP contribution in [0.1, 0.15) is 25.0 Å². The second-order valence-electron chi connectivity index (χ2n) is 18.8. The van der Waals surface area contributed by atoms with Crippen LogP contribution in [-0.2, 0) is 5.41 Å². The summed E-state index contributed by atoms with van der Waals surface area (Å²) in [6.45, 7) is 4.70. The highest BCUT2D eigenvalue weighted by molar-refractivity contribution is 6.23. The van der Waals surface area contributed by atoms with E-state index in [1.807, 2.05) is 54.6 Å². The van der Waals surface area contributed by atoms with Gasteiger partial charge in [0.05, 0.1) is 11.0 Å². The molecule has 3 heterocycles. The van der Waals surface area contributed by atoms with E-state index in [2.05, 4.69) is 182 Å². The molecule has 0 saturated heterocycles. The summed E-state index contributed by atoms with van der Waals surface area (Å²) in [6.07, 6.45) is 0. The van der Waals surface area contributed by atoms with Gasteiger partial charge in [0.25, 0.3) is 0 Å². The Labute approximate surface area is 398 Å². The molecule has 69 heavy (non-hydrogen) atoms. The number of nitrogens with zero attached hydrogens (tertiary/aromatic N) is 4. The molecular weight excluding hydrogens is 841 g/mol. The van der Waals surface area contributed by atoms with Gasteiger partial charge < -0.3 is 8.98 Å². The minimum absolute atomic E-state index is 0.0778. The molecule has 0 unspecified atom stereocenters. The average Bonchev–Trinajstić information content (AvgIpc) is 4.04. The molecule has 0 spiro atoms. The quantitative estimate of drug-likeness (QED) is 0.167. The second kappa shape index (κ2) is 15.0. The van der Waals surface area contributed by atoms with Crippen LogP contribution in [0.3, 0.4) is 0 Å². The molecule has 3 aromatic heterocycles. The van der Waals surface area contributed by atoms with Crippen molar-refractivity contribution < 1.29 is 4.42 Å². The standard InChI is InChI=1S/C64H42N4O/c1-64(2)54-24-10-8-20-49(54)50-33-28-43(37-55(50)64)42-17-12-18-44(36-42)48-22-13-23-53-59-47-19-7-6-14-39(47)30-35-56(59)68(60(48)53)46-31-26-41(27-32-46)62-65-61(40-15-4-3-5-16-40)66-63(67-62)45-29-34-52-51-21-9-11-25-57(51)69-58(52)38-45/h3-38H,1-2H3. The molecule has 0 atom stereocenters. The van der Waals surface area contributed by atoms with E-state index in [0.717, 1.165) is 60.9 Å².